The first-order valence-electron chi connectivity index (χ1n) is 8.64. The number of ether oxygens (including phenoxy) is 2. The van der Waals surface area contributed by atoms with Crippen LogP contribution in [0.4, 0.5) is 5.13 Å². The van der Waals surface area contributed by atoms with Gasteiger partial charge in [-0.05, 0) is 19.8 Å². The number of aromatic nitrogens is 2. The maximum Gasteiger partial charge on any atom is 0.205 e. The fourth-order valence-corrected chi connectivity index (χ4v) is 4.21. The lowest BCUT2D eigenvalue weighted by Gasteiger charge is -2.55. The summed E-state index contributed by atoms with van der Waals surface area (Å²) >= 11 is 1.67. The van der Waals surface area contributed by atoms with E-state index in [0.717, 1.165) is 62.4 Å². The van der Waals surface area contributed by atoms with Gasteiger partial charge in [-0.25, -0.2) is 0 Å². The SMILES string of the molecule is CCOC1CC(CNc2nnc(C(C)C)s2)(N2CCOCC2)C1. The molecule has 0 spiro atoms. The first-order chi connectivity index (χ1) is 11.1. The van der Waals surface area contributed by atoms with E-state index >= 15 is 0 Å². The van der Waals surface area contributed by atoms with Crippen LogP contribution in [0.15, 0.2) is 0 Å². The van der Waals surface area contributed by atoms with Gasteiger partial charge in [-0.2, -0.15) is 0 Å². The van der Waals surface area contributed by atoms with Crippen molar-refractivity contribution >= 4 is 16.5 Å². The highest BCUT2D eigenvalue weighted by molar-refractivity contribution is 7.15. The molecule has 2 fully saturated rings. The minimum Gasteiger partial charge on any atom is -0.379 e. The summed E-state index contributed by atoms with van der Waals surface area (Å²) in [6, 6.07) is 0. The van der Waals surface area contributed by atoms with E-state index in [9.17, 15) is 0 Å². The van der Waals surface area contributed by atoms with E-state index in [1.807, 2.05) is 0 Å². The van der Waals surface area contributed by atoms with Crippen molar-refractivity contribution in [3.8, 4) is 0 Å². The quantitative estimate of drug-likeness (QED) is 0.822. The van der Waals surface area contributed by atoms with Crippen LogP contribution in [0, 0.1) is 0 Å². The van der Waals surface area contributed by atoms with Gasteiger partial charge < -0.3 is 14.8 Å². The van der Waals surface area contributed by atoms with Gasteiger partial charge in [-0.15, -0.1) is 10.2 Å². The Bertz CT molecular complexity index is 496. The summed E-state index contributed by atoms with van der Waals surface area (Å²) in [5, 5.41) is 14.1. The lowest BCUT2D eigenvalue weighted by molar-refractivity contribution is -0.121. The third kappa shape index (κ3) is 3.84. The third-order valence-corrected chi connectivity index (χ3v) is 5.98. The fourth-order valence-electron chi connectivity index (χ4n) is 3.47. The van der Waals surface area contributed by atoms with Crippen molar-refractivity contribution in [2.75, 3.05) is 44.8 Å². The van der Waals surface area contributed by atoms with Gasteiger partial charge in [0.15, 0.2) is 0 Å². The Morgan fingerprint density at radius 3 is 2.70 bits per heavy atom. The summed E-state index contributed by atoms with van der Waals surface area (Å²) in [5.74, 6) is 0.433. The second kappa shape index (κ2) is 7.42. The van der Waals surface area contributed by atoms with Gasteiger partial charge in [-0.1, -0.05) is 25.2 Å². The van der Waals surface area contributed by atoms with E-state index in [4.69, 9.17) is 9.47 Å². The first-order valence-corrected chi connectivity index (χ1v) is 9.46. The maximum absolute atomic E-state index is 5.80. The van der Waals surface area contributed by atoms with Crippen molar-refractivity contribution in [1.82, 2.24) is 15.1 Å². The molecule has 2 aliphatic rings. The molecular weight excluding hydrogens is 312 g/mol. The van der Waals surface area contributed by atoms with Crippen molar-refractivity contribution in [3.63, 3.8) is 0 Å². The van der Waals surface area contributed by atoms with E-state index in [1.165, 1.54) is 0 Å². The van der Waals surface area contributed by atoms with E-state index in [2.05, 4.69) is 41.2 Å². The Kier molecular flexibility index (Phi) is 5.51. The van der Waals surface area contributed by atoms with Crippen LogP contribution in [0.3, 0.4) is 0 Å². The van der Waals surface area contributed by atoms with Crippen molar-refractivity contribution in [2.45, 2.75) is 51.2 Å². The highest BCUT2D eigenvalue weighted by Crippen LogP contribution is 2.40. The van der Waals surface area contributed by atoms with Crippen LogP contribution in [-0.2, 0) is 9.47 Å². The molecule has 3 rings (SSSR count). The molecule has 1 aromatic rings. The highest BCUT2D eigenvalue weighted by atomic mass is 32.1. The van der Waals surface area contributed by atoms with Crippen LogP contribution in [0.2, 0.25) is 0 Å². The molecule has 1 aromatic heterocycles. The highest BCUT2D eigenvalue weighted by Gasteiger charge is 2.49. The molecular formula is C16H28N4O2S. The first kappa shape index (κ1) is 17.1. The topological polar surface area (TPSA) is 59.5 Å². The number of hydrogen-bond acceptors (Lipinski definition) is 7. The van der Waals surface area contributed by atoms with Crippen LogP contribution in [-0.4, -0.2) is 66.2 Å². The zero-order chi connectivity index (χ0) is 16.3. The van der Waals surface area contributed by atoms with E-state index in [-0.39, 0.29) is 5.54 Å². The number of nitrogens with one attached hydrogen (secondary N) is 1. The minimum atomic E-state index is 0.174. The number of rotatable bonds is 7. The van der Waals surface area contributed by atoms with Gasteiger partial charge in [0, 0.05) is 37.7 Å². The molecule has 1 N–H and O–H groups in total. The Labute approximate surface area is 142 Å². The van der Waals surface area contributed by atoms with E-state index < -0.39 is 0 Å². The molecule has 1 saturated heterocycles. The molecule has 7 heteroatoms. The van der Waals surface area contributed by atoms with Gasteiger partial charge in [0.2, 0.25) is 5.13 Å². The van der Waals surface area contributed by atoms with E-state index in [1.54, 1.807) is 11.3 Å². The van der Waals surface area contributed by atoms with Crippen LogP contribution in [0.1, 0.15) is 44.5 Å². The summed E-state index contributed by atoms with van der Waals surface area (Å²) in [4.78, 5) is 2.57. The Morgan fingerprint density at radius 1 is 1.35 bits per heavy atom. The van der Waals surface area contributed by atoms with Crippen LogP contribution in [0.5, 0.6) is 0 Å². The van der Waals surface area contributed by atoms with Crippen molar-refractivity contribution in [1.29, 1.82) is 0 Å². The zero-order valence-corrected chi connectivity index (χ0v) is 15.2. The summed E-state index contributed by atoms with van der Waals surface area (Å²) in [5.41, 5.74) is 0.174. The molecule has 1 aliphatic carbocycles. The molecule has 23 heavy (non-hydrogen) atoms. The Morgan fingerprint density at radius 2 is 2.09 bits per heavy atom. The van der Waals surface area contributed by atoms with Gasteiger partial charge in [0.25, 0.3) is 0 Å². The van der Waals surface area contributed by atoms with Crippen LogP contribution < -0.4 is 5.32 Å². The third-order valence-electron chi connectivity index (χ3n) is 4.80. The number of anilines is 1. The molecule has 0 amide bonds. The van der Waals surface area contributed by atoms with Crippen LogP contribution in [0.25, 0.3) is 0 Å². The second-order valence-electron chi connectivity index (χ2n) is 6.76. The fraction of sp³-hybridized carbons (Fsp3) is 0.875. The average Bonchev–Trinajstić information content (AvgIpc) is 2.99. The minimum absolute atomic E-state index is 0.174. The summed E-state index contributed by atoms with van der Waals surface area (Å²) < 4.78 is 11.3. The smallest absolute Gasteiger partial charge is 0.205 e. The van der Waals surface area contributed by atoms with Crippen LogP contribution >= 0.6 is 11.3 Å². The van der Waals surface area contributed by atoms with Crippen molar-refractivity contribution < 1.29 is 9.47 Å². The van der Waals surface area contributed by atoms with Crippen molar-refractivity contribution in [2.24, 2.45) is 0 Å². The normalized spacial score (nSPS) is 28.8. The monoisotopic (exact) mass is 340 g/mol. The molecule has 1 aliphatic heterocycles. The lowest BCUT2D eigenvalue weighted by Crippen LogP contribution is -2.65. The zero-order valence-electron chi connectivity index (χ0n) is 14.4. The Hall–Kier alpha value is -0.760. The maximum atomic E-state index is 5.80. The summed E-state index contributed by atoms with van der Waals surface area (Å²) in [6.45, 7) is 11.8. The van der Waals surface area contributed by atoms with Gasteiger partial charge in [-0.3, -0.25) is 4.90 Å². The molecule has 130 valence electrons. The molecule has 0 bridgehead atoms. The van der Waals surface area contributed by atoms with Gasteiger partial charge in [0.1, 0.15) is 5.01 Å². The number of hydrogen-bond donors (Lipinski definition) is 1. The molecule has 0 atom stereocenters. The van der Waals surface area contributed by atoms with Crippen molar-refractivity contribution in [3.05, 3.63) is 5.01 Å². The predicted molar refractivity (Wildman–Crippen MR) is 92.3 cm³/mol. The number of nitrogens with zero attached hydrogens (tertiary/aromatic N) is 3. The largest absolute Gasteiger partial charge is 0.379 e. The molecule has 6 nitrogen and oxygen atoms in total. The molecule has 0 unspecified atom stereocenters. The molecule has 1 saturated carbocycles. The molecule has 0 aromatic carbocycles. The summed E-state index contributed by atoms with van der Waals surface area (Å²) in [6.07, 6.45) is 2.57. The molecule has 0 radical (unpaired) electrons. The van der Waals surface area contributed by atoms with Gasteiger partial charge in [0.05, 0.1) is 19.3 Å². The Balaban J connectivity index is 1.61. The average molecular weight is 340 g/mol. The van der Waals surface area contributed by atoms with E-state index in [0.29, 0.717) is 12.0 Å². The second-order valence-corrected chi connectivity index (χ2v) is 7.77. The molecule has 2 heterocycles. The number of morpholine rings is 1. The van der Waals surface area contributed by atoms with Gasteiger partial charge >= 0.3 is 0 Å². The predicted octanol–water partition coefficient (Wildman–Crippen LogP) is 2.34. The standard InChI is InChI=1S/C16H28N4O2S/c1-4-22-13-9-16(10-13,20-5-7-21-8-6-20)11-17-15-19-18-14(23-15)12(2)3/h12-13H,4-11H2,1-3H3,(H,17,19). The summed E-state index contributed by atoms with van der Waals surface area (Å²) in [7, 11) is 0. The lowest BCUT2D eigenvalue weighted by atomic mass is 9.72.